The summed E-state index contributed by atoms with van der Waals surface area (Å²) in [4.78, 5) is 31.8. The van der Waals surface area contributed by atoms with E-state index in [0.717, 1.165) is 29.0 Å². The summed E-state index contributed by atoms with van der Waals surface area (Å²) in [6, 6.07) is 14.8. The predicted octanol–water partition coefficient (Wildman–Crippen LogP) is 4.13. The minimum atomic E-state index is -0.640. The Balaban J connectivity index is 1.66. The number of carbonyl (C=O) groups excluding carboxylic acids is 2. The van der Waals surface area contributed by atoms with E-state index in [0.29, 0.717) is 12.1 Å². The highest BCUT2D eigenvalue weighted by atomic mass is 16.2. The van der Waals surface area contributed by atoms with Crippen LogP contribution >= 0.6 is 0 Å². The van der Waals surface area contributed by atoms with Crippen molar-refractivity contribution in [2.75, 3.05) is 7.05 Å². The van der Waals surface area contributed by atoms with Crippen LogP contribution in [0.1, 0.15) is 56.4 Å². The number of carbonyl (C=O) groups is 2. The Morgan fingerprint density at radius 3 is 2.35 bits per heavy atom. The molecular weight excluding hydrogens is 388 g/mol. The van der Waals surface area contributed by atoms with Crippen LogP contribution in [0.5, 0.6) is 0 Å². The van der Waals surface area contributed by atoms with Gasteiger partial charge in [0, 0.05) is 19.2 Å². The largest absolute Gasteiger partial charge is 0.341 e. The molecule has 31 heavy (non-hydrogen) atoms. The highest BCUT2D eigenvalue weighted by molar-refractivity contribution is 5.97. The third-order valence-corrected chi connectivity index (χ3v) is 5.54. The molecule has 0 saturated heterocycles. The Labute approximate surface area is 184 Å². The van der Waals surface area contributed by atoms with Gasteiger partial charge in [0.25, 0.3) is 5.91 Å². The van der Waals surface area contributed by atoms with E-state index in [-0.39, 0.29) is 17.2 Å². The first-order valence-electron chi connectivity index (χ1n) is 10.7. The van der Waals surface area contributed by atoms with E-state index in [1.807, 2.05) is 36.4 Å². The number of rotatable bonds is 6. The number of aromatic nitrogens is 2. The number of nitrogens with zero attached hydrogens (tertiary/aromatic N) is 3. The van der Waals surface area contributed by atoms with Gasteiger partial charge in [-0.05, 0) is 49.1 Å². The third-order valence-electron chi connectivity index (χ3n) is 5.54. The lowest BCUT2D eigenvalue weighted by Crippen LogP contribution is -2.45. The van der Waals surface area contributed by atoms with E-state index in [2.05, 4.69) is 42.6 Å². The van der Waals surface area contributed by atoms with Gasteiger partial charge >= 0.3 is 0 Å². The van der Waals surface area contributed by atoms with E-state index in [1.54, 1.807) is 31.0 Å². The van der Waals surface area contributed by atoms with Gasteiger partial charge in [-0.25, -0.2) is 4.98 Å². The zero-order valence-corrected chi connectivity index (χ0v) is 19.3. The van der Waals surface area contributed by atoms with E-state index in [1.165, 1.54) is 0 Å². The lowest BCUT2D eigenvalue weighted by atomic mass is 9.86. The molecule has 0 aliphatic carbocycles. The van der Waals surface area contributed by atoms with E-state index in [9.17, 15) is 9.59 Å². The maximum absolute atomic E-state index is 12.9. The zero-order valence-electron chi connectivity index (χ0n) is 19.3. The molecule has 1 heterocycles. The fraction of sp³-hybridized carbons (Fsp3) is 0.400. The van der Waals surface area contributed by atoms with Crippen LogP contribution in [0, 0.1) is 0 Å². The van der Waals surface area contributed by atoms with Gasteiger partial charge < -0.3 is 14.8 Å². The first-order valence-corrected chi connectivity index (χ1v) is 10.7. The minimum absolute atomic E-state index is 0.0238. The summed E-state index contributed by atoms with van der Waals surface area (Å²) in [5.41, 5.74) is 3.70. The molecular formula is C25H32N4O2. The van der Waals surface area contributed by atoms with E-state index < -0.39 is 6.04 Å². The number of imidazole rings is 1. The van der Waals surface area contributed by atoms with Crippen LogP contribution in [0.15, 0.2) is 48.5 Å². The third kappa shape index (κ3) is 4.95. The van der Waals surface area contributed by atoms with Crippen molar-refractivity contribution in [1.29, 1.82) is 0 Å². The van der Waals surface area contributed by atoms with Crippen LogP contribution in [0.4, 0.5) is 0 Å². The molecule has 2 aromatic carbocycles. The highest BCUT2D eigenvalue weighted by Gasteiger charge is 2.22. The molecule has 3 rings (SSSR count). The summed E-state index contributed by atoms with van der Waals surface area (Å²) in [6.45, 7) is 11.3. The number of nitrogens with one attached hydrogen (secondary N) is 1. The first kappa shape index (κ1) is 22.5. The molecule has 0 aliphatic heterocycles. The molecule has 0 saturated carbocycles. The van der Waals surface area contributed by atoms with Crippen LogP contribution in [-0.2, 0) is 23.3 Å². The van der Waals surface area contributed by atoms with Crippen molar-refractivity contribution in [3.63, 3.8) is 0 Å². The molecule has 2 amide bonds. The summed E-state index contributed by atoms with van der Waals surface area (Å²) in [5.74, 6) is 0.417. The monoisotopic (exact) mass is 420 g/mol. The van der Waals surface area contributed by atoms with Gasteiger partial charge in [-0.3, -0.25) is 9.59 Å². The van der Waals surface area contributed by atoms with Gasteiger partial charge in [-0.15, -0.1) is 0 Å². The summed E-state index contributed by atoms with van der Waals surface area (Å²) in [5, 5.41) is 2.82. The summed E-state index contributed by atoms with van der Waals surface area (Å²) in [7, 11) is 1.74. The SMILES string of the molecule is CCn1c(CN(C)C(=O)C(C)NC(=O)c2ccc(C(C)(C)C)cc2)nc2ccccc21. The Morgan fingerprint density at radius 2 is 1.74 bits per heavy atom. The summed E-state index contributed by atoms with van der Waals surface area (Å²) >= 11 is 0. The molecule has 0 aliphatic rings. The van der Waals surface area contributed by atoms with Crippen molar-refractivity contribution in [3.05, 3.63) is 65.5 Å². The predicted molar refractivity (Wildman–Crippen MR) is 124 cm³/mol. The van der Waals surface area contributed by atoms with Crippen LogP contribution in [0.2, 0.25) is 0 Å². The number of fused-ring (bicyclic) bond motifs is 1. The zero-order chi connectivity index (χ0) is 22.8. The lowest BCUT2D eigenvalue weighted by Gasteiger charge is -2.22. The number of hydrogen-bond donors (Lipinski definition) is 1. The van der Waals surface area contributed by atoms with E-state index >= 15 is 0 Å². The Kier molecular flexibility index (Phi) is 6.48. The molecule has 3 aromatic rings. The molecule has 1 aromatic heterocycles. The number of benzene rings is 2. The van der Waals surface area contributed by atoms with Gasteiger partial charge in [0.2, 0.25) is 5.91 Å². The average molecular weight is 421 g/mol. The second-order valence-corrected chi connectivity index (χ2v) is 8.98. The second-order valence-electron chi connectivity index (χ2n) is 8.98. The second kappa shape index (κ2) is 8.92. The van der Waals surface area contributed by atoms with Crippen molar-refractivity contribution >= 4 is 22.8 Å². The molecule has 0 spiro atoms. The van der Waals surface area contributed by atoms with Crippen molar-refractivity contribution < 1.29 is 9.59 Å². The smallest absolute Gasteiger partial charge is 0.251 e. The molecule has 164 valence electrons. The molecule has 1 atom stereocenters. The number of para-hydroxylation sites is 2. The van der Waals surface area contributed by atoms with Gasteiger partial charge in [0.1, 0.15) is 11.9 Å². The maximum Gasteiger partial charge on any atom is 0.251 e. The van der Waals surface area contributed by atoms with Crippen LogP contribution in [-0.4, -0.2) is 39.4 Å². The lowest BCUT2D eigenvalue weighted by molar-refractivity contribution is -0.132. The van der Waals surface area contributed by atoms with Crippen LogP contribution in [0.25, 0.3) is 11.0 Å². The first-order chi connectivity index (χ1) is 14.6. The topological polar surface area (TPSA) is 67.2 Å². The number of aryl methyl sites for hydroxylation is 1. The molecule has 1 unspecified atom stereocenters. The number of likely N-dealkylation sites (N-methyl/N-ethyl adjacent to an activating group) is 1. The van der Waals surface area contributed by atoms with Crippen LogP contribution < -0.4 is 5.32 Å². The van der Waals surface area contributed by atoms with Crippen LogP contribution in [0.3, 0.4) is 0 Å². The molecule has 0 bridgehead atoms. The number of amides is 2. The fourth-order valence-corrected chi connectivity index (χ4v) is 3.68. The average Bonchev–Trinajstić information content (AvgIpc) is 3.09. The maximum atomic E-state index is 12.9. The molecule has 0 radical (unpaired) electrons. The molecule has 6 heteroatoms. The molecule has 6 nitrogen and oxygen atoms in total. The minimum Gasteiger partial charge on any atom is -0.341 e. The quantitative estimate of drug-likeness (QED) is 0.652. The Bertz CT molecular complexity index is 1080. The summed E-state index contributed by atoms with van der Waals surface area (Å²) in [6.07, 6.45) is 0. The van der Waals surface area contributed by atoms with Gasteiger partial charge in [-0.2, -0.15) is 0 Å². The number of hydrogen-bond acceptors (Lipinski definition) is 3. The molecule has 1 N–H and O–H groups in total. The standard InChI is InChI=1S/C25H32N4O2/c1-7-29-21-11-9-8-10-20(21)27-22(29)16-28(6)24(31)17(2)26-23(30)18-12-14-19(15-13-18)25(3,4)5/h8-15,17H,7,16H2,1-6H3,(H,26,30). The van der Waals surface area contributed by atoms with Crippen molar-refractivity contribution in [3.8, 4) is 0 Å². The van der Waals surface area contributed by atoms with E-state index in [4.69, 9.17) is 0 Å². The van der Waals surface area contributed by atoms with Gasteiger partial charge in [0.05, 0.1) is 17.6 Å². The van der Waals surface area contributed by atoms with Crippen molar-refractivity contribution in [2.24, 2.45) is 0 Å². The Morgan fingerprint density at radius 1 is 1.10 bits per heavy atom. The highest BCUT2D eigenvalue weighted by Crippen LogP contribution is 2.22. The van der Waals surface area contributed by atoms with Gasteiger partial charge in [0.15, 0.2) is 0 Å². The van der Waals surface area contributed by atoms with Gasteiger partial charge in [-0.1, -0.05) is 45.0 Å². The normalized spacial score (nSPS) is 12.6. The Hall–Kier alpha value is -3.15. The van der Waals surface area contributed by atoms with Crippen molar-refractivity contribution in [2.45, 2.75) is 59.2 Å². The van der Waals surface area contributed by atoms with Crippen molar-refractivity contribution in [1.82, 2.24) is 19.8 Å². The molecule has 0 fully saturated rings. The summed E-state index contributed by atoms with van der Waals surface area (Å²) < 4.78 is 2.11. The fourth-order valence-electron chi connectivity index (χ4n) is 3.68.